The van der Waals surface area contributed by atoms with Gasteiger partial charge in [0.2, 0.25) is 0 Å². The van der Waals surface area contributed by atoms with Gasteiger partial charge in [0.05, 0.1) is 0 Å². The third kappa shape index (κ3) is 2.63. The molecule has 3 rings (SSSR count). The van der Waals surface area contributed by atoms with Crippen molar-refractivity contribution < 1.29 is 9.53 Å². The molecule has 1 aliphatic heterocycles. The zero-order valence-electron chi connectivity index (χ0n) is 10.9. The maximum atomic E-state index is 11.8. The molecule has 2 aromatic carbocycles. The fraction of sp³-hybridized carbons (Fsp3) is 0.188. The van der Waals surface area contributed by atoms with Gasteiger partial charge in [0.15, 0.2) is 0 Å². The van der Waals surface area contributed by atoms with Crippen molar-refractivity contribution in [1.82, 2.24) is 5.32 Å². The SMILES string of the molecule is O=C1NCCc2c(OCc3ccc(Cl)cc3)cccc21. The van der Waals surface area contributed by atoms with Crippen LogP contribution in [0.25, 0.3) is 0 Å². The van der Waals surface area contributed by atoms with Gasteiger partial charge in [0.1, 0.15) is 12.4 Å². The van der Waals surface area contributed by atoms with E-state index in [4.69, 9.17) is 16.3 Å². The van der Waals surface area contributed by atoms with Crippen molar-refractivity contribution in [2.75, 3.05) is 6.54 Å². The van der Waals surface area contributed by atoms with Crippen LogP contribution in [-0.4, -0.2) is 12.5 Å². The maximum Gasteiger partial charge on any atom is 0.251 e. The molecule has 2 aromatic rings. The van der Waals surface area contributed by atoms with E-state index < -0.39 is 0 Å². The normalized spacial score (nSPS) is 13.6. The number of hydrogen-bond donors (Lipinski definition) is 1. The summed E-state index contributed by atoms with van der Waals surface area (Å²) < 4.78 is 5.86. The van der Waals surface area contributed by atoms with Gasteiger partial charge in [-0.25, -0.2) is 0 Å². The summed E-state index contributed by atoms with van der Waals surface area (Å²) in [5.41, 5.74) is 2.75. The van der Waals surface area contributed by atoms with Crippen LogP contribution in [0.2, 0.25) is 5.02 Å². The minimum absolute atomic E-state index is 0.0248. The zero-order chi connectivity index (χ0) is 13.9. The highest BCUT2D eigenvalue weighted by atomic mass is 35.5. The Morgan fingerprint density at radius 3 is 2.75 bits per heavy atom. The van der Waals surface area contributed by atoms with E-state index in [1.807, 2.05) is 42.5 Å². The molecule has 0 atom stereocenters. The predicted molar refractivity (Wildman–Crippen MR) is 78.3 cm³/mol. The Kier molecular flexibility index (Phi) is 3.61. The fourth-order valence-corrected chi connectivity index (χ4v) is 2.44. The highest BCUT2D eigenvalue weighted by molar-refractivity contribution is 6.30. The van der Waals surface area contributed by atoms with Crippen LogP contribution in [0.5, 0.6) is 5.75 Å². The van der Waals surface area contributed by atoms with Crippen molar-refractivity contribution in [2.45, 2.75) is 13.0 Å². The highest BCUT2D eigenvalue weighted by Gasteiger charge is 2.19. The van der Waals surface area contributed by atoms with E-state index in [9.17, 15) is 4.79 Å². The number of carbonyl (C=O) groups excluding carboxylic acids is 1. The first kappa shape index (κ1) is 13.0. The van der Waals surface area contributed by atoms with Gasteiger partial charge in [-0.1, -0.05) is 29.8 Å². The molecule has 0 saturated carbocycles. The molecule has 0 radical (unpaired) electrons. The minimum atomic E-state index is -0.0248. The Labute approximate surface area is 122 Å². The van der Waals surface area contributed by atoms with Crippen molar-refractivity contribution in [3.05, 3.63) is 64.2 Å². The molecule has 0 aromatic heterocycles. The molecule has 4 heteroatoms. The Balaban J connectivity index is 1.79. The van der Waals surface area contributed by atoms with Crippen molar-refractivity contribution in [3.63, 3.8) is 0 Å². The van der Waals surface area contributed by atoms with Gasteiger partial charge in [-0.15, -0.1) is 0 Å². The van der Waals surface area contributed by atoms with Crippen molar-refractivity contribution in [2.24, 2.45) is 0 Å². The standard InChI is InChI=1S/C16H14ClNO2/c17-12-6-4-11(5-7-12)10-20-15-3-1-2-14-13(15)8-9-18-16(14)19/h1-7H,8-10H2,(H,18,19). The van der Waals surface area contributed by atoms with Crippen LogP contribution >= 0.6 is 11.6 Å². The molecule has 1 heterocycles. The number of halogens is 1. The van der Waals surface area contributed by atoms with Gasteiger partial charge in [0.25, 0.3) is 5.91 Å². The molecular weight excluding hydrogens is 274 g/mol. The van der Waals surface area contributed by atoms with E-state index in [-0.39, 0.29) is 5.91 Å². The summed E-state index contributed by atoms with van der Waals surface area (Å²) >= 11 is 5.85. The topological polar surface area (TPSA) is 38.3 Å². The van der Waals surface area contributed by atoms with E-state index >= 15 is 0 Å². The average molecular weight is 288 g/mol. The lowest BCUT2D eigenvalue weighted by Gasteiger charge is -2.19. The molecule has 0 spiro atoms. The molecule has 0 bridgehead atoms. The predicted octanol–water partition coefficient (Wildman–Crippen LogP) is 3.20. The summed E-state index contributed by atoms with van der Waals surface area (Å²) in [6, 6.07) is 13.1. The Morgan fingerprint density at radius 2 is 1.95 bits per heavy atom. The third-order valence-corrected chi connectivity index (χ3v) is 3.60. The van der Waals surface area contributed by atoms with E-state index in [1.165, 1.54) is 0 Å². The van der Waals surface area contributed by atoms with Crippen molar-refractivity contribution >= 4 is 17.5 Å². The number of carbonyl (C=O) groups is 1. The van der Waals surface area contributed by atoms with Gasteiger partial charge >= 0.3 is 0 Å². The van der Waals surface area contributed by atoms with Gasteiger partial charge in [0, 0.05) is 22.7 Å². The molecule has 1 aliphatic rings. The Morgan fingerprint density at radius 1 is 1.15 bits per heavy atom. The summed E-state index contributed by atoms with van der Waals surface area (Å²) in [7, 11) is 0. The van der Waals surface area contributed by atoms with Gasteiger partial charge in [-0.3, -0.25) is 4.79 Å². The summed E-state index contributed by atoms with van der Waals surface area (Å²) in [4.78, 5) is 11.8. The lowest BCUT2D eigenvalue weighted by Crippen LogP contribution is -2.32. The zero-order valence-corrected chi connectivity index (χ0v) is 11.6. The molecule has 20 heavy (non-hydrogen) atoms. The number of fused-ring (bicyclic) bond motifs is 1. The maximum absolute atomic E-state index is 11.8. The van der Waals surface area contributed by atoms with Gasteiger partial charge in [-0.2, -0.15) is 0 Å². The smallest absolute Gasteiger partial charge is 0.251 e. The summed E-state index contributed by atoms with van der Waals surface area (Å²) in [6.07, 6.45) is 0.803. The van der Waals surface area contributed by atoms with Crippen LogP contribution in [-0.2, 0) is 13.0 Å². The van der Waals surface area contributed by atoms with Crippen LogP contribution in [0.15, 0.2) is 42.5 Å². The Hall–Kier alpha value is -2.00. The Bertz CT molecular complexity index is 637. The number of amides is 1. The van der Waals surface area contributed by atoms with Crippen molar-refractivity contribution in [1.29, 1.82) is 0 Å². The van der Waals surface area contributed by atoms with E-state index in [1.54, 1.807) is 0 Å². The number of ether oxygens (including phenoxy) is 1. The monoisotopic (exact) mass is 287 g/mol. The minimum Gasteiger partial charge on any atom is -0.489 e. The average Bonchev–Trinajstić information content (AvgIpc) is 2.47. The first-order valence-electron chi connectivity index (χ1n) is 6.51. The first-order chi connectivity index (χ1) is 9.74. The molecule has 0 unspecified atom stereocenters. The van der Waals surface area contributed by atoms with Crippen molar-refractivity contribution in [3.8, 4) is 5.75 Å². The van der Waals surface area contributed by atoms with Crippen LogP contribution in [0, 0.1) is 0 Å². The molecule has 1 amide bonds. The second kappa shape index (κ2) is 5.55. The van der Waals surface area contributed by atoms with Gasteiger partial charge in [-0.05, 0) is 36.2 Å². The molecule has 0 fully saturated rings. The molecular formula is C16H14ClNO2. The molecule has 0 aliphatic carbocycles. The largest absolute Gasteiger partial charge is 0.489 e. The fourth-order valence-electron chi connectivity index (χ4n) is 2.31. The lowest BCUT2D eigenvalue weighted by molar-refractivity contribution is 0.0945. The number of hydrogen-bond acceptors (Lipinski definition) is 2. The summed E-state index contributed by atoms with van der Waals surface area (Å²) in [5.74, 6) is 0.760. The molecule has 0 saturated heterocycles. The van der Waals surface area contributed by atoms with E-state index in [0.717, 1.165) is 23.3 Å². The van der Waals surface area contributed by atoms with Crippen LogP contribution < -0.4 is 10.1 Å². The highest BCUT2D eigenvalue weighted by Crippen LogP contribution is 2.26. The lowest BCUT2D eigenvalue weighted by atomic mass is 9.99. The summed E-state index contributed by atoms with van der Waals surface area (Å²) in [5, 5.41) is 3.55. The van der Waals surface area contributed by atoms with Crippen LogP contribution in [0.1, 0.15) is 21.5 Å². The number of rotatable bonds is 3. The molecule has 102 valence electrons. The molecule has 1 N–H and O–H groups in total. The number of nitrogens with one attached hydrogen (secondary N) is 1. The van der Waals surface area contributed by atoms with Crippen LogP contribution in [0.3, 0.4) is 0 Å². The second-order valence-corrected chi connectivity index (χ2v) is 5.14. The second-order valence-electron chi connectivity index (χ2n) is 4.70. The quantitative estimate of drug-likeness (QED) is 0.941. The number of benzene rings is 2. The van der Waals surface area contributed by atoms with Crippen LogP contribution in [0.4, 0.5) is 0 Å². The van der Waals surface area contributed by atoms with E-state index in [0.29, 0.717) is 23.7 Å². The van der Waals surface area contributed by atoms with Gasteiger partial charge < -0.3 is 10.1 Å². The molecule has 3 nitrogen and oxygen atoms in total. The summed E-state index contributed by atoms with van der Waals surface area (Å²) in [6.45, 7) is 1.13. The third-order valence-electron chi connectivity index (χ3n) is 3.35. The first-order valence-corrected chi connectivity index (χ1v) is 6.89. The van der Waals surface area contributed by atoms with E-state index in [2.05, 4.69) is 5.32 Å².